The summed E-state index contributed by atoms with van der Waals surface area (Å²) in [5.74, 6) is 0. The first-order chi connectivity index (χ1) is 6.19. The highest BCUT2D eigenvalue weighted by atomic mass is 16.7. The minimum atomic E-state index is -0.776. The molecule has 0 spiro atoms. The Morgan fingerprint density at radius 2 is 2.08 bits per heavy atom. The van der Waals surface area contributed by atoms with Crippen LogP contribution < -0.4 is 0 Å². The van der Waals surface area contributed by atoms with Gasteiger partial charge < -0.3 is 19.7 Å². The fourth-order valence-electron chi connectivity index (χ4n) is 1.55. The molecule has 0 aromatic rings. The molecule has 0 bridgehead atoms. The maximum absolute atomic E-state index is 9.49. The topological polar surface area (TPSA) is 58.9 Å². The van der Waals surface area contributed by atoms with E-state index in [0.717, 1.165) is 0 Å². The lowest BCUT2D eigenvalue weighted by Gasteiger charge is -2.36. The van der Waals surface area contributed by atoms with Crippen molar-refractivity contribution in [1.29, 1.82) is 0 Å². The van der Waals surface area contributed by atoms with Crippen LogP contribution in [-0.4, -0.2) is 41.4 Å². The molecule has 1 rings (SSSR count). The molecule has 0 aromatic heterocycles. The number of rotatable bonds is 3. The smallest absolute Gasteiger partial charge is 0.160 e. The van der Waals surface area contributed by atoms with Gasteiger partial charge in [0.05, 0.1) is 12.2 Å². The Kier molecular flexibility index (Phi) is 4.12. The van der Waals surface area contributed by atoms with E-state index < -0.39 is 12.2 Å². The number of hydrogen-bond donors (Lipinski definition) is 2. The minimum Gasteiger partial charge on any atom is -0.390 e. The van der Waals surface area contributed by atoms with Crippen molar-refractivity contribution in [1.82, 2.24) is 0 Å². The summed E-state index contributed by atoms with van der Waals surface area (Å²) in [5.41, 5.74) is 0. The lowest BCUT2D eigenvalue weighted by Crippen LogP contribution is -2.48. The van der Waals surface area contributed by atoms with Gasteiger partial charge in [-0.25, -0.2) is 0 Å². The maximum atomic E-state index is 9.49. The van der Waals surface area contributed by atoms with Crippen LogP contribution in [0.5, 0.6) is 0 Å². The molecule has 1 saturated heterocycles. The van der Waals surface area contributed by atoms with E-state index in [1.54, 1.807) is 0 Å². The molecule has 3 unspecified atom stereocenters. The van der Waals surface area contributed by atoms with Crippen LogP contribution in [0.2, 0.25) is 0 Å². The zero-order valence-electron chi connectivity index (χ0n) is 8.14. The van der Waals surface area contributed by atoms with Gasteiger partial charge in [0.25, 0.3) is 0 Å². The van der Waals surface area contributed by atoms with E-state index in [4.69, 9.17) is 9.47 Å². The van der Waals surface area contributed by atoms with E-state index in [-0.39, 0.29) is 12.4 Å². The molecule has 0 saturated carbocycles. The second-order valence-electron chi connectivity index (χ2n) is 3.26. The second kappa shape index (κ2) is 4.91. The van der Waals surface area contributed by atoms with Crippen molar-refractivity contribution in [3.8, 4) is 0 Å². The molecule has 4 atom stereocenters. The summed E-state index contributed by atoms with van der Waals surface area (Å²) < 4.78 is 10.7. The lowest BCUT2D eigenvalue weighted by atomic mass is 10.00. The van der Waals surface area contributed by atoms with Gasteiger partial charge in [0.2, 0.25) is 0 Å². The van der Waals surface area contributed by atoms with Gasteiger partial charge in [-0.05, 0) is 13.3 Å². The summed E-state index contributed by atoms with van der Waals surface area (Å²) in [5, 5.41) is 19.0. The largest absolute Gasteiger partial charge is 0.390 e. The lowest BCUT2D eigenvalue weighted by molar-refractivity contribution is -0.249. The monoisotopic (exact) mass is 190 g/mol. The average Bonchev–Trinajstić information content (AvgIpc) is 2.11. The molecular formula is C9H18O4. The Bertz CT molecular complexity index is 151. The Labute approximate surface area is 78.5 Å². The summed E-state index contributed by atoms with van der Waals surface area (Å²) in [4.78, 5) is 0. The number of aliphatic hydroxyl groups excluding tert-OH is 2. The standard InChI is InChI=1S/C9H18O4/c1-3-7-9(11)6(10)5-8(13-7)12-4-2/h6-11H,3-5H2,1-2H3/t6?,7?,8-,9?/m0/s1. The molecule has 4 heteroatoms. The molecule has 1 aliphatic heterocycles. The highest BCUT2D eigenvalue weighted by Gasteiger charge is 2.35. The van der Waals surface area contributed by atoms with Crippen molar-refractivity contribution in [2.45, 2.75) is 51.3 Å². The van der Waals surface area contributed by atoms with Crippen molar-refractivity contribution in [2.75, 3.05) is 6.61 Å². The van der Waals surface area contributed by atoms with E-state index >= 15 is 0 Å². The van der Waals surface area contributed by atoms with E-state index in [1.807, 2.05) is 13.8 Å². The summed E-state index contributed by atoms with van der Waals surface area (Å²) >= 11 is 0. The molecular weight excluding hydrogens is 172 g/mol. The summed E-state index contributed by atoms with van der Waals surface area (Å²) in [6.07, 6.45) is -1.14. The first kappa shape index (κ1) is 10.9. The number of ether oxygens (including phenoxy) is 2. The highest BCUT2D eigenvalue weighted by molar-refractivity contribution is 4.81. The fourth-order valence-corrected chi connectivity index (χ4v) is 1.55. The van der Waals surface area contributed by atoms with Crippen molar-refractivity contribution >= 4 is 0 Å². The Balaban J connectivity index is 2.47. The van der Waals surface area contributed by atoms with Gasteiger partial charge in [0.1, 0.15) is 6.10 Å². The maximum Gasteiger partial charge on any atom is 0.160 e. The van der Waals surface area contributed by atoms with Crippen LogP contribution in [0.4, 0.5) is 0 Å². The van der Waals surface area contributed by atoms with Crippen LogP contribution in [0.25, 0.3) is 0 Å². The molecule has 0 aromatic carbocycles. The minimum absolute atomic E-state index is 0.305. The molecule has 78 valence electrons. The van der Waals surface area contributed by atoms with Gasteiger partial charge in [-0.1, -0.05) is 6.92 Å². The molecule has 0 amide bonds. The van der Waals surface area contributed by atoms with Crippen LogP contribution in [0.15, 0.2) is 0 Å². The zero-order valence-corrected chi connectivity index (χ0v) is 8.14. The van der Waals surface area contributed by atoms with Crippen LogP contribution in [0, 0.1) is 0 Å². The third-order valence-corrected chi connectivity index (χ3v) is 2.29. The summed E-state index contributed by atoms with van der Waals surface area (Å²) in [6, 6.07) is 0. The van der Waals surface area contributed by atoms with Crippen molar-refractivity contribution in [3.63, 3.8) is 0 Å². The van der Waals surface area contributed by atoms with E-state index in [9.17, 15) is 10.2 Å². The molecule has 2 N–H and O–H groups in total. The van der Waals surface area contributed by atoms with Crippen LogP contribution >= 0.6 is 0 Å². The quantitative estimate of drug-likeness (QED) is 0.670. The second-order valence-corrected chi connectivity index (χ2v) is 3.26. The molecule has 0 aliphatic carbocycles. The van der Waals surface area contributed by atoms with Gasteiger partial charge >= 0.3 is 0 Å². The predicted octanol–water partition coefficient (Wildman–Crippen LogP) is 0.270. The fraction of sp³-hybridized carbons (Fsp3) is 1.00. The summed E-state index contributed by atoms with van der Waals surface area (Å²) in [6.45, 7) is 4.35. The van der Waals surface area contributed by atoms with E-state index in [0.29, 0.717) is 19.4 Å². The Morgan fingerprint density at radius 1 is 1.38 bits per heavy atom. The molecule has 1 heterocycles. The SMILES string of the molecule is CCO[C@@H]1CC(O)C(O)C(CC)O1. The number of aliphatic hydroxyl groups is 2. The van der Waals surface area contributed by atoms with E-state index in [1.165, 1.54) is 0 Å². The Morgan fingerprint density at radius 3 is 2.62 bits per heavy atom. The zero-order chi connectivity index (χ0) is 9.84. The summed E-state index contributed by atoms with van der Waals surface area (Å²) in [7, 11) is 0. The van der Waals surface area contributed by atoms with Gasteiger partial charge in [-0.2, -0.15) is 0 Å². The van der Waals surface area contributed by atoms with Crippen molar-refractivity contribution in [2.24, 2.45) is 0 Å². The van der Waals surface area contributed by atoms with Gasteiger partial charge in [-0.3, -0.25) is 0 Å². The first-order valence-corrected chi connectivity index (χ1v) is 4.82. The Hall–Kier alpha value is -0.160. The van der Waals surface area contributed by atoms with Gasteiger partial charge in [0.15, 0.2) is 6.29 Å². The molecule has 13 heavy (non-hydrogen) atoms. The van der Waals surface area contributed by atoms with Crippen molar-refractivity contribution < 1.29 is 19.7 Å². The third-order valence-electron chi connectivity index (χ3n) is 2.29. The van der Waals surface area contributed by atoms with Crippen molar-refractivity contribution in [3.05, 3.63) is 0 Å². The first-order valence-electron chi connectivity index (χ1n) is 4.82. The molecule has 1 fully saturated rings. The third kappa shape index (κ3) is 2.64. The predicted molar refractivity (Wildman–Crippen MR) is 47.2 cm³/mol. The van der Waals surface area contributed by atoms with Crippen LogP contribution in [0.3, 0.4) is 0 Å². The normalized spacial score (nSPS) is 40.6. The van der Waals surface area contributed by atoms with Gasteiger partial charge in [-0.15, -0.1) is 0 Å². The average molecular weight is 190 g/mol. The van der Waals surface area contributed by atoms with E-state index in [2.05, 4.69) is 0 Å². The van der Waals surface area contributed by atoms with Crippen LogP contribution in [0.1, 0.15) is 26.7 Å². The van der Waals surface area contributed by atoms with Gasteiger partial charge in [0, 0.05) is 13.0 Å². The van der Waals surface area contributed by atoms with Crippen LogP contribution in [-0.2, 0) is 9.47 Å². The number of hydrogen-bond acceptors (Lipinski definition) is 4. The molecule has 0 radical (unpaired) electrons. The molecule has 1 aliphatic rings. The highest BCUT2D eigenvalue weighted by Crippen LogP contribution is 2.22. The molecule has 4 nitrogen and oxygen atoms in total.